The van der Waals surface area contributed by atoms with Gasteiger partial charge in [0.1, 0.15) is 0 Å². The van der Waals surface area contributed by atoms with Gasteiger partial charge in [-0.2, -0.15) is 11.8 Å². The summed E-state index contributed by atoms with van der Waals surface area (Å²) in [6.07, 6.45) is -0.376. The van der Waals surface area contributed by atoms with Gasteiger partial charge in [-0.25, -0.2) is 0 Å². The Bertz CT molecular complexity index is 154. The van der Waals surface area contributed by atoms with Gasteiger partial charge >= 0.3 is 0 Å². The molecular formula is C8H18N2O3S. The smallest absolute Gasteiger partial charge is 0.230 e. The van der Waals surface area contributed by atoms with Gasteiger partial charge in [0.2, 0.25) is 5.91 Å². The maximum atomic E-state index is 11.2. The van der Waals surface area contributed by atoms with Gasteiger partial charge in [0.25, 0.3) is 0 Å². The molecular weight excluding hydrogens is 204 g/mol. The summed E-state index contributed by atoms with van der Waals surface area (Å²) in [6.45, 7) is 0.964. The molecule has 6 heteroatoms. The van der Waals surface area contributed by atoms with Crippen LogP contribution in [0.2, 0.25) is 0 Å². The number of thioether (sulfide) groups is 1. The molecule has 0 aliphatic carbocycles. The van der Waals surface area contributed by atoms with Crippen LogP contribution in [0.5, 0.6) is 0 Å². The second kappa shape index (κ2) is 9.26. The van der Waals surface area contributed by atoms with Gasteiger partial charge in [-0.3, -0.25) is 4.79 Å². The van der Waals surface area contributed by atoms with Crippen LogP contribution >= 0.6 is 11.8 Å². The fourth-order valence-corrected chi connectivity index (χ4v) is 1.36. The Morgan fingerprint density at radius 2 is 2.14 bits per heavy atom. The average molecular weight is 222 g/mol. The lowest BCUT2D eigenvalue weighted by atomic mass is 10.5. The molecule has 0 heterocycles. The topological polar surface area (TPSA) is 73.6 Å². The number of carbonyl (C=O) groups is 1. The van der Waals surface area contributed by atoms with Gasteiger partial charge in [-0.05, 0) is 0 Å². The van der Waals surface area contributed by atoms with E-state index >= 15 is 0 Å². The van der Waals surface area contributed by atoms with E-state index in [-0.39, 0.29) is 12.2 Å². The molecule has 0 aliphatic rings. The fraction of sp³-hybridized carbons (Fsp3) is 0.875. The molecule has 1 amide bonds. The van der Waals surface area contributed by atoms with Crippen molar-refractivity contribution in [1.29, 1.82) is 0 Å². The summed E-state index contributed by atoms with van der Waals surface area (Å²) in [4.78, 5) is 11.2. The molecule has 0 aromatic rings. The summed E-state index contributed by atoms with van der Waals surface area (Å²) >= 11 is 1.51. The molecule has 0 aliphatic heterocycles. The van der Waals surface area contributed by atoms with Crippen molar-refractivity contribution < 1.29 is 14.3 Å². The van der Waals surface area contributed by atoms with Gasteiger partial charge in [-0.15, -0.1) is 0 Å². The quantitative estimate of drug-likeness (QED) is 0.424. The molecule has 0 saturated carbocycles. The summed E-state index contributed by atoms with van der Waals surface area (Å²) in [5.41, 5.74) is 5.29. The Balaban J connectivity index is 3.42. The van der Waals surface area contributed by atoms with Crippen LogP contribution < -0.4 is 11.1 Å². The molecule has 5 nitrogen and oxygen atoms in total. The third kappa shape index (κ3) is 7.14. The SMILES string of the molecule is COC(CNC(=O)CSCCN)OC. The molecule has 0 atom stereocenters. The molecule has 0 aromatic heterocycles. The summed E-state index contributed by atoms with van der Waals surface area (Å²) in [5, 5.41) is 2.69. The Hall–Kier alpha value is -0.300. The molecule has 3 N–H and O–H groups in total. The van der Waals surface area contributed by atoms with E-state index in [1.54, 1.807) is 0 Å². The largest absolute Gasteiger partial charge is 0.354 e. The fourth-order valence-electron chi connectivity index (χ4n) is 0.759. The van der Waals surface area contributed by atoms with Crippen molar-refractivity contribution in [2.75, 3.05) is 38.8 Å². The number of hydrogen-bond donors (Lipinski definition) is 2. The van der Waals surface area contributed by atoms with E-state index in [0.29, 0.717) is 18.8 Å². The van der Waals surface area contributed by atoms with E-state index in [9.17, 15) is 4.79 Å². The number of amides is 1. The van der Waals surface area contributed by atoms with Gasteiger partial charge in [-0.1, -0.05) is 0 Å². The molecule has 0 radical (unpaired) electrons. The molecule has 0 unspecified atom stereocenters. The van der Waals surface area contributed by atoms with Crippen LogP contribution in [0.25, 0.3) is 0 Å². The van der Waals surface area contributed by atoms with Crippen molar-refractivity contribution in [3.05, 3.63) is 0 Å². The van der Waals surface area contributed by atoms with E-state index < -0.39 is 0 Å². The number of ether oxygens (including phenoxy) is 2. The lowest BCUT2D eigenvalue weighted by molar-refractivity contribution is -0.125. The predicted octanol–water partition coefficient (Wildman–Crippen LogP) is -0.587. The Morgan fingerprint density at radius 1 is 1.50 bits per heavy atom. The molecule has 84 valence electrons. The van der Waals surface area contributed by atoms with E-state index in [2.05, 4.69) is 5.32 Å². The number of hydrogen-bond acceptors (Lipinski definition) is 5. The van der Waals surface area contributed by atoms with E-state index in [1.807, 2.05) is 0 Å². The van der Waals surface area contributed by atoms with Crippen molar-refractivity contribution in [2.45, 2.75) is 6.29 Å². The van der Waals surface area contributed by atoms with Crippen LogP contribution in [-0.4, -0.2) is 51.0 Å². The zero-order valence-electron chi connectivity index (χ0n) is 8.62. The van der Waals surface area contributed by atoms with Gasteiger partial charge < -0.3 is 20.5 Å². The number of nitrogens with two attached hydrogens (primary N) is 1. The minimum absolute atomic E-state index is 0.0254. The van der Waals surface area contributed by atoms with E-state index in [4.69, 9.17) is 15.2 Å². The van der Waals surface area contributed by atoms with Crippen LogP contribution in [0.15, 0.2) is 0 Å². The Morgan fingerprint density at radius 3 is 2.64 bits per heavy atom. The normalized spacial score (nSPS) is 10.6. The molecule has 0 fully saturated rings. The highest BCUT2D eigenvalue weighted by molar-refractivity contribution is 7.99. The molecule has 0 rings (SSSR count). The summed E-state index contributed by atoms with van der Waals surface area (Å²) in [6, 6.07) is 0. The van der Waals surface area contributed by atoms with Gasteiger partial charge in [0.05, 0.1) is 12.3 Å². The van der Waals surface area contributed by atoms with Crippen molar-refractivity contribution >= 4 is 17.7 Å². The second-order valence-corrected chi connectivity index (χ2v) is 3.65. The van der Waals surface area contributed by atoms with Crippen LogP contribution in [0.3, 0.4) is 0 Å². The first-order valence-corrected chi connectivity index (χ1v) is 5.50. The maximum absolute atomic E-state index is 11.2. The van der Waals surface area contributed by atoms with Crippen LogP contribution in [0, 0.1) is 0 Å². The first-order chi connectivity index (χ1) is 6.74. The van der Waals surface area contributed by atoms with Gasteiger partial charge in [0.15, 0.2) is 6.29 Å². The van der Waals surface area contributed by atoms with E-state index in [0.717, 1.165) is 5.75 Å². The number of methoxy groups -OCH3 is 2. The molecule has 0 spiro atoms. The van der Waals surface area contributed by atoms with Crippen molar-refractivity contribution in [2.24, 2.45) is 5.73 Å². The monoisotopic (exact) mass is 222 g/mol. The minimum Gasteiger partial charge on any atom is -0.354 e. The van der Waals surface area contributed by atoms with E-state index in [1.165, 1.54) is 26.0 Å². The first-order valence-electron chi connectivity index (χ1n) is 4.34. The minimum atomic E-state index is -0.376. The Kier molecular flexibility index (Phi) is 9.06. The highest BCUT2D eigenvalue weighted by Crippen LogP contribution is 1.96. The summed E-state index contributed by atoms with van der Waals surface area (Å²) in [5.74, 6) is 1.20. The standard InChI is InChI=1S/C8H18N2O3S/c1-12-8(13-2)5-10-7(11)6-14-4-3-9/h8H,3-6,9H2,1-2H3,(H,10,11). The maximum Gasteiger partial charge on any atom is 0.230 e. The lowest BCUT2D eigenvalue weighted by Gasteiger charge is -2.13. The molecule has 14 heavy (non-hydrogen) atoms. The van der Waals surface area contributed by atoms with Crippen LogP contribution in [0.1, 0.15) is 0 Å². The molecule has 0 aromatic carbocycles. The highest BCUT2D eigenvalue weighted by Gasteiger charge is 2.07. The third-order valence-corrected chi connectivity index (χ3v) is 2.48. The molecule has 0 bridgehead atoms. The second-order valence-electron chi connectivity index (χ2n) is 2.55. The van der Waals surface area contributed by atoms with Crippen molar-refractivity contribution in [1.82, 2.24) is 5.32 Å². The van der Waals surface area contributed by atoms with Gasteiger partial charge in [0, 0.05) is 26.5 Å². The predicted molar refractivity (Wildman–Crippen MR) is 57.2 cm³/mol. The Labute approximate surface area is 88.7 Å². The number of rotatable bonds is 8. The summed E-state index contributed by atoms with van der Waals surface area (Å²) in [7, 11) is 3.06. The van der Waals surface area contributed by atoms with Crippen LogP contribution in [0.4, 0.5) is 0 Å². The zero-order valence-corrected chi connectivity index (χ0v) is 9.43. The third-order valence-electron chi connectivity index (χ3n) is 1.49. The first kappa shape index (κ1) is 13.7. The average Bonchev–Trinajstić information content (AvgIpc) is 2.20. The number of carbonyl (C=O) groups excluding carboxylic acids is 1. The number of nitrogens with one attached hydrogen (secondary N) is 1. The molecule has 0 saturated heterocycles. The summed E-state index contributed by atoms with van der Waals surface area (Å²) < 4.78 is 9.82. The van der Waals surface area contributed by atoms with Crippen molar-refractivity contribution in [3.63, 3.8) is 0 Å². The lowest BCUT2D eigenvalue weighted by Crippen LogP contribution is -2.35. The van der Waals surface area contributed by atoms with Crippen LogP contribution in [-0.2, 0) is 14.3 Å². The van der Waals surface area contributed by atoms with Crippen molar-refractivity contribution in [3.8, 4) is 0 Å². The highest BCUT2D eigenvalue weighted by atomic mass is 32.2. The zero-order chi connectivity index (χ0) is 10.8.